The molecule has 0 radical (unpaired) electrons. The monoisotopic (exact) mass is 450 g/mol. The van der Waals surface area contributed by atoms with Crippen LogP contribution in [0.15, 0.2) is 28.7 Å². The molecule has 1 saturated carbocycles. The number of halogens is 3. The van der Waals surface area contributed by atoms with Crippen LogP contribution in [0.2, 0.25) is 0 Å². The summed E-state index contributed by atoms with van der Waals surface area (Å²) in [6.45, 7) is 1.45. The molecule has 1 heterocycles. The van der Waals surface area contributed by atoms with Crippen LogP contribution in [0.1, 0.15) is 58.8 Å². The van der Waals surface area contributed by atoms with Gasteiger partial charge >= 0.3 is 6.61 Å². The third-order valence-corrected chi connectivity index (χ3v) is 6.08. The highest BCUT2D eigenvalue weighted by atomic mass is 19.3. The minimum absolute atomic E-state index is 0.0285. The van der Waals surface area contributed by atoms with Gasteiger partial charge in [0.1, 0.15) is 0 Å². The van der Waals surface area contributed by atoms with Gasteiger partial charge in [-0.1, -0.05) is 33.1 Å². The van der Waals surface area contributed by atoms with E-state index >= 15 is 4.39 Å². The van der Waals surface area contributed by atoms with Crippen LogP contribution in [0.25, 0.3) is 21.9 Å². The molecule has 0 bridgehead atoms. The maximum Gasteiger partial charge on any atom is 0.387 e. The summed E-state index contributed by atoms with van der Waals surface area (Å²) in [6, 6.07) is 6.51. The molecule has 2 aromatic carbocycles. The zero-order valence-electron chi connectivity index (χ0n) is 18.5. The number of benzene rings is 2. The molecule has 1 aromatic heterocycles. The molecular formula is C25H29F3O4. The number of furan rings is 1. The molecule has 2 unspecified atom stereocenters. The first-order valence-electron chi connectivity index (χ1n) is 11.4. The Balaban J connectivity index is 1.68. The van der Waals surface area contributed by atoms with Crippen molar-refractivity contribution in [1.29, 1.82) is 0 Å². The minimum Gasteiger partial charge on any atom is -0.490 e. The van der Waals surface area contributed by atoms with Gasteiger partial charge in [-0.3, -0.25) is 0 Å². The molecule has 3 aromatic rings. The SMILES string of the molecule is CCCCOc1ccc2c(oc3c(F)c(OC4CCC(CCC)C4)ccc32)c1OC(F)F. The summed E-state index contributed by atoms with van der Waals surface area (Å²) < 4.78 is 63.6. The molecule has 0 spiro atoms. The van der Waals surface area contributed by atoms with Crippen LogP contribution in [0, 0.1) is 11.7 Å². The molecule has 7 heteroatoms. The van der Waals surface area contributed by atoms with Crippen molar-refractivity contribution in [2.45, 2.75) is 71.5 Å². The van der Waals surface area contributed by atoms with E-state index in [4.69, 9.17) is 18.6 Å². The number of hydrogen-bond donors (Lipinski definition) is 0. The highest BCUT2D eigenvalue weighted by molar-refractivity contribution is 6.08. The van der Waals surface area contributed by atoms with Crippen LogP contribution in [0.4, 0.5) is 13.2 Å². The predicted octanol–water partition coefficient (Wildman–Crippen LogP) is 7.85. The number of ether oxygens (including phenoxy) is 3. The summed E-state index contributed by atoms with van der Waals surface area (Å²) in [7, 11) is 0. The van der Waals surface area contributed by atoms with E-state index in [0.717, 1.165) is 44.9 Å². The third kappa shape index (κ3) is 4.62. The first-order valence-corrected chi connectivity index (χ1v) is 11.4. The Morgan fingerprint density at radius 2 is 1.75 bits per heavy atom. The van der Waals surface area contributed by atoms with Crippen LogP contribution in [0.3, 0.4) is 0 Å². The molecule has 0 N–H and O–H groups in total. The highest BCUT2D eigenvalue weighted by Gasteiger charge is 2.28. The molecular weight excluding hydrogens is 421 g/mol. The van der Waals surface area contributed by atoms with E-state index in [-0.39, 0.29) is 34.5 Å². The van der Waals surface area contributed by atoms with Gasteiger partial charge in [0.2, 0.25) is 11.6 Å². The Morgan fingerprint density at radius 3 is 2.47 bits per heavy atom. The van der Waals surface area contributed by atoms with Crippen LogP contribution in [0.5, 0.6) is 17.2 Å². The fourth-order valence-corrected chi connectivity index (χ4v) is 4.53. The second-order valence-corrected chi connectivity index (χ2v) is 8.41. The molecule has 32 heavy (non-hydrogen) atoms. The summed E-state index contributed by atoms with van der Waals surface area (Å²) in [6.07, 6.45) is 6.81. The summed E-state index contributed by atoms with van der Waals surface area (Å²) >= 11 is 0. The van der Waals surface area contributed by atoms with Gasteiger partial charge in [0, 0.05) is 10.8 Å². The normalized spacial score (nSPS) is 18.7. The van der Waals surface area contributed by atoms with Gasteiger partial charge in [0.15, 0.2) is 22.7 Å². The van der Waals surface area contributed by atoms with E-state index in [1.807, 2.05) is 6.92 Å². The molecule has 2 atom stereocenters. The zero-order chi connectivity index (χ0) is 22.7. The van der Waals surface area contributed by atoms with Gasteiger partial charge in [0.25, 0.3) is 0 Å². The van der Waals surface area contributed by atoms with Crippen molar-refractivity contribution in [2.75, 3.05) is 6.61 Å². The second kappa shape index (κ2) is 9.92. The number of unbranched alkanes of at least 4 members (excludes halogenated alkanes) is 1. The predicted molar refractivity (Wildman–Crippen MR) is 117 cm³/mol. The largest absolute Gasteiger partial charge is 0.490 e. The van der Waals surface area contributed by atoms with Crippen LogP contribution >= 0.6 is 0 Å². The molecule has 0 saturated heterocycles. The third-order valence-electron chi connectivity index (χ3n) is 6.08. The molecule has 4 rings (SSSR count). The topological polar surface area (TPSA) is 40.8 Å². The summed E-state index contributed by atoms with van der Waals surface area (Å²) in [4.78, 5) is 0. The van der Waals surface area contributed by atoms with Crippen molar-refractivity contribution < 1.29 is 31.8 Å². The summed E-state index contributed by atoms with van der Waals surface area (Å²) in [5.41, 5.74) is -0.000320. The first kappa shape index (κ1) is 22.6. The standard InChI is InChI=1S/C25H29F3O4/c1-3-5-13-29-20-12-10-18-17-9-11-19(30-16-8-7-15(14-16)6-4-2)21(26)22(17)31-23(18)24(20)32-25(27)28/h9-12,15-16,25H,3-8,13-14H2,1-2H3. The molecule has 174 valence electrons. The van der Waals surface area contributed by atoms with Crippen molar-refractivity contribution in [3.8, 4) is 17.2 Å². The quantitative estimate of drug-likeness (QED) is 0.295. The lowest BCUT2D eigenvalue weighted by molar-refractivity contribution is -0.0509. The average molecular weight is 450 g/mol. The number of rotatable bonds is 10. The van der Waals surface area contributed by atoms with Crippen molar-refractivity contribution in [3.63, 3.8) is 0 Å². The van der Waals surface area contributed by atoms with Gasteiger partial charge in [-0.05, 0) is 55.9 Å². The lowest BCUT2D eigenvalue weighted by Gasteiger charge is -2.14. The Kier molecular flexibility index (Phi) is 7.01. The van der Waals surface area contributed by atoms with E-state index in [1.54, 1.807) is 24.3 Å². The van der Waals surface area contributed by atoms with Crippen molar-refractivity contribution in [3.05, 3.63) is 30.1 Å². The molecule has 0 amide bonds. The molecule has 1 aliphatic carbocycles. The van der Waals surface area contributed by atoms with Gasteiger partial charge in [0.05, 0.1) is 12.7 Å². The van der Waals surface area contributed by atoms with Crippen molar-refractivity contribution >= 4 is 21.9 Å². The Morgan fingerprint density at radius 1 is 1.00 bits per heavy atom. The van der Waals surface area contributed by atoms with E-state index in [1.165, 1.54) is 0 Å². The maximum atomic E-state index is 15.3. The van der Waals surface area contributed by atoms with Gasteiger partial charge < -0.3 is 18.6 Å². The number of fused-ring (bicyclic) bond motifs is 3. The molecule has 1 aliphatic rings. The highest BCUT2D eigenvalue weighted by Crippen LogP contribution is 2.44. The summed E-state index contributed by atoms with van der Waals surface area (Å²) in [5.74, 6) is 0.0340. The first-order chi connectivity index (χ1) is 15.5. The van der Waals surface area contributed by atoms with Gasteiger partial charge in [-0.15, -0.1) is 0 Å². The Bertz CT molecular complexity index is 1060. The van der Waals surface area contributed by atoms with Crippen LogP contribution < -0.4 is 14.2 Å². The smallest absolute Gasteiger partial charge is 0.387 e. The number of alkyl halides is 2. The van der Waals surface area contributed by atoms with E-state index in [0.29, 0.717) is 23.3 Å². The fraction of sp³-hybridized carbons (Fsp3) is 0.520. The lowest BCUT2D eigenvalue weighted by atomic mass is 10.0. The molecule has 4 nitrogen and oxygen atoms in total. The van der Waals surface area contributed by atoms with Crippen LogP contribution in [-0.2, 0) is 0 Å². The molecule has 0 aliphatic heterocycles. The van der Waals surface area contributed by atoms with E-state index < -0.39 is 12.4 Å². The average Bonchev–Trinajstić information content (AvgIpc) is 3.36. The van der Waals surface area contributed by atoms with Crippen LogP contribution in [-0.4, -0.2) is 19.3 Å². The van der Waals surface area contributed by atoms with Gasteiger partial charge in [-0.2, -0.15) is 13.2 Å². The lowest BCUT2D eigenvalue weighted by Crippen LogP contribution is -2.13. The number of hydrogen-bond acceptors (Lipinski definition) is 4. The zero-order valence-corrected chi connectivity index (χ0v) is 18.5. The van der Waals surface area contributed by atoms with E-state index in [2.05, 4.69) is 6.92 Å². The Labute approximate surface area is 185 Å². The van der Waals surface area contributed by atoms with Crippen molar-refractivity contribution in [1.82, 2.24) is 0 Å². The van der Waals surface area contributed by atoms with E-state index in [9.17, 15) is 8.78 Å². The minimum atomic E-state index is -3.07. The maximum absolute atomic E-state index is 15.3. The Hall–Kier alpha value is -2.57. The fourth-order valence-electron chi connectivity index (χ4n) is 4.53. The van der Waals surface area contributed by atoms with Crippen molar-refractivity contribution in [2.24, 2.45) is 5.92 Å². The summed E-state index contributed by atoms with van der Waals surface area (Å²) in [5, 5.41) is 0.951. The molecule has 1 fully saturated rings. The van der Waals surface area contributed by atoms with Gasteiger partial charge in [-0.25, -0.2) is 0 Å². The second-order valence-electron chi connectivity index (χ2n) is 8.41.